The van der Waals surface area contributed by atoms with Crippen LogP contribution in [0.15, 0.2) is 12.7 Å². The first-order valence-corrected chi connectivity index (χ1v) is 21.6. The van der Waals surface area contributed by atoms with Crippen LogP contribution in [0.4, 0.5) is 4.79 Å². The summed E-state index contributed by atoms with van der Waals surface area (Å²) in [5, 5.41) is 6.02. The summed E-state index contributed by atoms with van der Waals surface area (Å²) in [5.41, 5.74) is -0.576. The van der Waals surface area contributed by atoms with E-state index < -0.39 is 57.1 Å². The van der Waals surface area contributed by atoms with Gasteiger partial charge in [-0.1, -0.05) is 79.2 Å². The number of carbonyl (C=O) groups is 5. The number of carbonyl (C=O) groups excluding carboxylic acids is 5. The number of hydrogen-bond acceptors (Lipinski definition) is 7. The lowest BCUT2D eigenvalue weighted by atomic mass is 9.74. The maximum absolute atomic E-state index is 14.9. The predicted octanol–water partition coefficient (Wildman–Crippen LogP) is 5.67. The van der Waals surface area contributed by atoms with Crippen LogP contribution >= 0.6 is 0 Å². The van der Waals surface area contributed by atoms with Gasteiger partial charge in [-0.05, 0) is 73.0 Å². The zero-order valence-corrected chi connectivity index (χ0v) is 33.7. The lowest BCUT2D eigenvalue weighted by Crippen LogP contribution is -2.60. The van der Waals surface area contributed by atoms with Crippen molar-refractivity contribution in [1.82, 2.24) is 19.8 Å². The van der Waals surface area contributed by atoms with Gasteiger partial charge in [0.25, 0.3) is 0 Å². The second kappa shape index (κ2) is 17.2. The van der Waals surface area contributed by atoms with Gasteiger partial charge in [0, 0.05) is 44.9 Å². The molecule has 52 heavy (non-hydrogen) atoms. The average Bonchev–Trinajstić information content (AvgIpc) is 3.58. The van der Waals surface area contributed by atoms with Gasteiger partial charge >= 0.3 is 6.03 Å². The Morgan fingerprint density at radius 2 is 1.63 bits per heavy atom. The molecular weight excluding hydrogens is 681 g/mol. The zero-order valence-electron chi connectivity index (χ0n) is 32.9. The third-order valence-corrected chi connectivity index (χ3v) is 14.2. The Balaban J connectivity index is 1.62. The number of nitrogens with zero attached hydrogens (tertiary/aromatic N) is 2. The van der Waals surface area contributed by atoms with E-state index in [9.17, 15) is 32.4 Å². The van der Waals surface area contributed by atoms with Gasteiger partial charge in [0.05, 0.1) is 12.3 Å². The maximum atomic E-state index is 14.9. The van der Waals surface area contributed by atoms with E-state index in [1.807, 2.05) is 20.8 Å². The number of likely N-dealkylation sites (tertiary alicyclic amines) is 1. The molecule has 294 valence electrons. The summed E-state index contributed by atoms with van der Waals surface area (Å²) in [6.45, 7) is 14.3. The van der Waals surface area contributed by atoms with Crippen molar-refractivity contribution in [3.63, 3.8) is 0 Å². The third kappa shape index (κ3) is 10.3. The molecule has 4 rings (SSSR count). The predicted molar refractivity (Wildman–Crippen MR) is 203 cm³/mol. The van der Waals surface area contributed by atoms with Crippen LogP contribution in [0.25, 0.3) is 0 Å². The fourth-order valence-corrected chi connectivity index (χ4v) is 9.54. The summed E-state index contributed by atoms with van der Waals surface area (Å²) in [6.07, 6.45) is 13.0. The molecule has 1 aliphatic heterocycles. The Bertz CT molecular complexity index is 1440. The fraction of sp³-hybridized carbons (Fsp3) is 0.825. The maximum Gasteiger partial charge on any atom is 0.315 e. The summed E-state index contributed by atoms with van der Waals surface area (Å²) in [7, 11) is -2.01. The summed E-state index contributed by atoms with van der Waals surface area (Å²) in [4.78, 5) is 71.5. The number of rotatable bonds is 17. The molecule has 0 aromatic heterocycles. The Labute approximate surface area is 312 Å². The molecule has 1 saturated heterocycles. The molecular formula is C40H66N4O7S. The molecule has 3 saturated carbocycles. The van der Waals surface area contributed by atoms with Gasteiger partial charge in [-0.3, -0.25) is 19.2 Å². The minimum absolute atomic E-state index is 0.0556. The van der Waals surface area contributed by atoms with Crippen molar-refractivity contribution in [1.29, 1.82) is 0 Å². The molecule has 0 aromatic rings. The van der Waals surface area contributed by atoms with E-state index >= 15 is 0 Å². The summed E-state index contributed by atoms with van der Waals surface area (Å²) >= 11 is 0. The molecule has 0 spiro atoms. The smallest absolute Gasteiger partial charge is 0.315 e. The van der Waals surface area contributed by atoms with E-state index in [2.05, 4.69) is 31.1 Å². The second-order valence-corrected chi connectivity index (χ2v) is 20.3. The van der Waals surface area contributed by atoms with Crippen LogP contribution in [-0.2, 0) is 29.2 Å². The van der Waals surface area contributed by atoms with Crippen LogP contribution in [0, 0.1) is 40.4 Å². The van der Waals surface area contributed by atoms with E-state index in [4.69, 9.17) is 0 Å². The Hall–Kier alpha value is -2.60. The number of amides is 3. The Morgan fingerprint density at radius 1 is 0.981 bits per heavy atom. The summed E-state index contributed by atoms with van der Waals surface area (Å²) in [5.74, 6) is -1.81. The van der Waals surface area contributed by atoms with Crippen LogP contribution in [0.1, 0.15) is 125 Å². The molecule has 4 aliphatic rings. The SMILES string of the molecule is C=CCCC(=O)C(=O)C(CC(=O)[C@@H]1[C@H]2CCC(C)(C)[C@H]2CN1C(=O)[C@@H](NC(=O)N[C@H](CN(C)S(C)(=O)=O)C(C)(C)C)C1CCCCC1)CC1CCC1. The van der Waals surface area contributed by atoms with Gasteiger partial charge < -0.3 is 15.5 Å². The molecule has 2 N–H and O–H groups in total. The van der Waals surface area contributed by atoms with Crippen molar-refractivity contribution in [2.24, 2.45) is 40.4 Å². The standard InChI is InChI=1S/C40H66N4O7S/c1-9-10-19-31(45)36(47)28(22-26-15-14-16-26)23-32(46)35-29-20-21-40(5,6)30(29)24-44(35)37(48)34(27-17-12-11-13-18-27)42-38(49)41-33(39(2,3)4)25-43(7)52(8,50)51/h9,26-30,33-35H,1,10-25H2,2-8H3,(H2,41,42,49)/t28?,29-,30-,33+,34-,35-/m0/s1. The highest BCUT2D eigenvalue weighted by Gasteiger charge is 2.57. The molecule has 3 amide bonds. The van der Waals surface area contributed by atoms with Crippen molar-refractivity contribution in [2.45, 2.75) is 143 Å². The number of nitrogens with one attached hydrogen (secondary N) is 2. The fourth-order valence-electron chi connectivity index (χ4n) is 9.12. The third-order valence-electron chi connectivity index (χ3n) is 12.9. The first-order chi connectivity index (χ1) is 24.2. The molecule has 11 nitrogen and oxygen atoms in total. The number of hydrogen-bond donors (Lipinski definition) is 2. The van der Waals surface area contributed by atoms with Crippen LogP contribution in [0.2, 0.25) is 0 Å². The van der Waals surface area contributed by atoms with Crippen molar-refractivity contribution >= 4 is 39.3 Å². The van der Waals surface area contributed by atoms with E-state index in [-0.39, 0.29) is 54.2 Å². The number of Topliss-reactive ketones (excluding diaryl/α,β-unsaturated/α-hetero) is 3. The number of fused-ring (bicyclic) bond motifs is 1. The van der Waals surface area contributed by atoms with Crippen LogP contribution in [0.3, 0.4) is 0 Å². The highest BCUT2D eigenvalue weighted by molar-refractivity contribution is 7.88. The Kier molecular flexibility index (Phi) is 14.0. The molecule has 1 heterocycles. The highest BCUT2D eigenvalue weighted by Crippen LogP contribution is 2.53. The monoisotopic (exact) mass is 746 g/mol. The van der Waals surface area contributed by atoms with Crippen molar-refractivity contribution < 1.29 is 32.4 Å². The normalized spacial score (nSPS) is 25.5. The first-order valence-electron chi connectivity index (χ1n) is 19.7. The van der Waals surface area contributed by atoms with E-state index in [0.29, 0.717) is 25.3 Å². The first kappa shape index (κ1) is 42.1. The van der Waals surface area contributed by atoms with Crippen molar-refractivity contribution in [2.75, 3.05) is 26.4 Å². The van der Waals surface area contributed by atoms with Crippen molar-refractivity contribution in [3.05, 3.63) is 12.7 Å². The number of allylic oxidation sites excluding steroid dienone is 1. The van der Waals surface area contributed by atoms with Crippen molar-refractivity contribution in [3.8, 4) is 0 Å². The molecule has 3 aliphatic carbocycles. The van der Waals surface area contributed by atoms with Crippen LogP contribution in [-0.4, -0.2) is 91.4 Å². The number of likely N-dealkylation sites (N-methyl/N-ethyl adjacent to an activating group) is 1. The van der Waals surface area contributed by atoms with E-state index in [0.717, 1.165) is 70.5 Å². The number of ketones is 3. The minimum Gasteiger partial charge on any atom is -0.334 e. The van der Waals surface area contributed by atoms with Gasteiger partial charge in [0.2, 0.25) is 21.7 Å². The zero-order chi connectivity index (χ0) is 38.6. The van der Waals surface area contributed by atoms with Crippen LogP contribution < -0.4 is 10.6 Å². The molecule has 0 radical (unpaired) electrons. The molecule has 0 aromatic carbocycles. The highest BCUT2D eigenvalue weighted by atomic mass is 32.2. The van der Waals surface area contributed by atoms with Crippen LogP contribution in [0.5, 0.6) is 0 Å². The van der Waals surface area contributed by atoms with Gasteiger partial charge in [-0.15, -0.1) is 6.58 Å². The second-order valence-electron chi connectivity index (χ2n) is 18.2. The quantitative estimate of drug-likeness (QED) is 0.144. The van der Waals surface area contributed by atoms with E-state index in [1.165, 1.54) is 11.4 Å². The van der Waals surface area contributed by atoms with Gasteiger partial charge in [0.1, 0.15) is 6.04 Å². The summed E-state index contributed by atoms with van der Waals surface area (Å²) in [6, 6.07) is -2.67. The average molecular weight is 747 g/mol. The van der Waals surface area contributed by atoms with E-state index in [1.54, 1.807) is 11.0 Å². The molecule has 6 atom stereocenters. The molecule has 4 fully saturated rings. The number of urea groups is 1. The lowest BCUT2D eigenvalue weighted by molar-refractivity contribution is -0.144. The lowest BCUT2D eigenvalue weighted by Gasteiger charge is -2.38. The molecule has 12 heteroatoms. The van der Waals surface area contributed by atoms with Gasteiger partial charge in [-0.25, -0.2) is 17.5 Å². The largest absolute Gasteiger partial charge is 0.334 e. The minimum atomic E-state index is -3.49. The van der Waals surface area contributed by atoms with Gasteiger partial charge in [-0.2, -0.15) is 0 Å². The Morgan fingerprint density at radius 3 is 2.19 bits per heavy atom. The van der Waals surface area contributed by atoms with Gasteiger partial charge in [0.15, 0.2) is 11.6 Å². The topological polar surface area (TPSA) is 150 Å². The molecule has 1 unspecified atom stereocenters. The number of sulfonamides is 1. The summed E-state index contributed by atoms with van der Waals surface area (Å²) < 4.78 is 25.7. The molecule has 0 bridgehead atoms.